The summed E-state index contributed by atoms with van der Waals surface area (Å²) in [6, 6.07) is 0. The molecule has 0 aromatic carbocycles. The second-order valence-corrected chi connectivity index (χ2v) is 13.1. The molecular formula is C44H68O10. The van der Waals surface area contributed by atoms with Gasteiger partial charge in [-0.05, 0) is 70.6 Å². The van der Waals surface area contributed by atoms with Crippen LogP contribution in [0, 0.1) is 0 Å². The summed E-state index contributed by atoms with van der Waals surface area (Å²) in [7, 11) is 0. The zero-order valence-corrected chi connectivity index (χ0v) is 32.7. The van der Waals surface area contributed by atoms with E-state index < -0.39 is 55.4 Å². The topological polar surface area (TPSA) is 152 Å². The molecule has 0 bridgehead atoms. The minimum Gasteiger partial charge on any atom is -0.462 e. The Bertz CT molecular complexity index is 1200. The van der Waals surface area contributed by atoms with E-state index in [0.29, 0.717) is 12.8 Å². The Kier molecular flexibility index (Phi) is 30.7. The van der Waals surface area contributed by atoms with E-state index >= 15 is 0 Å². The number of carbonyl (C=O) groups is 2. The van der Waals surface area contributed by atoms with Crippen molar-refractivity contribution in [3.05, 3.63) is 97.2 Å². The van der Waals surface area contributed by atoms with Gasteiger partial charge in [0.25, 0.3) is 0 Å². The molecule has 1 aliphatic heterocycles. The normalized spacial score (nSPS) is 21.8. The monoisotopic (exact) mass is 756 g/mol. The first-order chi connectivity index (χ1) is 26.3. The predicted molar refractivity (Wildman–Crippen MR) is 214 cm³/mol. The van der Waals surface area contributed by atoms with Crippen LogP contribution in [0.3, 0.4) is 0 Å². The van der Waals surface area contributed by atoms with Crippen molar-refractivity contribution in [2.24, 2.45) is 0 Å². The molecule has 1 fully saturated rings. The predicted octanol–water partition coefficient (Wildman–Crippen LogP) is 7.60. The second kappa shape index (κ2) is 34.1. The Labute approximate surface area is 324 Å². The summed E-state index contributed by atoms with van der Waals surface area (Å²) in [5, 5.41) is 39.9. The number of aliphatic hydroxyl groups is 4. The molecule has 1 rings (SSSR count). The Hall–Kier alpha value is -3.38. The number of ether oxygens (including phenoxy) is 4. The van der Waals surface area contributed by atoms with Crippen LogP contribution in [0.5, 0.6) is 0 Å². The minimum absolute atomic E-state index is 0.170. The number of carbonyl (C=O) groups excluding carboxylic acids is 2. The van der Waals surface area contributed by atoms with Crippen LogP contribution in [-0.4, -0.2) is 89.0 Å². The molecule has 0 aromatic rings. The molecule has 1 saturated heterocycles. The van der Waals surface area contributed by atoms with Gasteiger partial charge >= 0.3 is 11.9 Å². The Morgan fingerprint density at radius 3 is 1.74 bits per heavy atom. The van der Waals surface area contributed by atoms with Crippen molar-refractivity contribution >= 4 is 11.9 Å². The molecule has 0 radical (unpaired) electrons. The molecular weight excluding hydrogens is 688 g/mol. The Balaban J connectivity index is 2.45. The fourth-order valence-electron chi connectivity index (χ4n) is 5.19. The van der Waals surface area contributed by atoms with Crippen molar-refractivity contribution in [2.75, 3.05) is 19.8 Å². The first kappa shape index (κ1) is 48.6. The number of aliphatic hydroxyl groups excluding tert-OH is 4. The molecule has 0 spiro atoms. The summed E-state index contributed by atoms with van der Waals surface area (Å²) in [4.78, 5) is 25.2. The van der Waals surface area contributed by atoms with E-state index in [1.54, 1.807) is 0 Å². The van der Waals surface area contributed by atoms with Gasteiger partial charge in [-0.15, -0.1) is 0 Å². The molecule has 10 heteroatoms. The van der Waals surface area contributed by atoms with Crippen LogP contribution in [0.2, 0.25) is 0 Å². The minimum atomic E-state index is -1.61. The average molecular weight is 757 g/mol. The lowest BCUT2D eigenvalue weighted by atomic mass is 9.99. The van der Waals surface area contributed by atoms with Crippen LogP contribution < -0.4 is 0 Å². The summed E-state index contributed by atoms with van der Waals surface area (Å²) >= 11 is 0. The maximum Gasteiger partial charge on any atom is 0.306 e. The molecule has 4 N–H and O–H groups in total. The molecule has 1 heterocycles. The van der Waals surface area contributed by atoms with Crippen molar-refractivity contribution in [2.45, 2.75) is 147 Å². The van der Waals surface area contributed by atoms with Gasteiger partial charge in [-0.25, -0.2) is 0 Å². The van der Waals surface area contributed by atoms with Gasteiger partial charge in [0.2, 0.25) is 0 Å². The summed E-state index contributed by atoms with van der Waals surface area (Å²) < 4.78 is 22.0. The van der Waals surface area contributed by atoms with Crippen LogP contribution in [0.15, 0.2) is 97.2 Å². The number of allylic oxidation sites excluding steroid dienone is 16. The molecule has 0 aromatic heterocycles. The fraction of sp³-hybridized carbons (Fsp3) is 0.591. The molecule has 6 atom stereocenters. The zero-order valence-electron chi connectivity index (χ0n) is 32.7. The maximum absolute atomic E-state index is 12.7. The standard InChI is InChI=1S/C44H68O10/c1-3-5-7-9-11-13-15-17-18-19-21-22-24-26-28-30-32-39(46)51-35-37(36-52-44-43(50)42(49)41(48)38(34-45)54-44)53-40(47)33-31-29-27-25-23-20-16-14-12-10-8-6-4-2/h5-8,10-14,16-18,20-23,37-38,41-45,48-50H,3-4,9,15,19,24-36H2,1-2H3/b7-5+,8-6+,12-10+,13-11+,16-14+,18-17+,22-21+,23-20+/t37?,38-,41+,42?,43?,44-/m0/s1. The van der Waals surface area contributed by atoms with Gasteiger partial charge < -0.3 is 39.4 Å². The highest BCUT2D eigenvalue weighted by Gasteiger charge is 2.44. The maximum atomic E-state index is 12.7. The number of hydrogen-bond acceptors (Lipinski definition) is 10. The van der Waals surface area contributed by atoms with Gasteiger partial charge in [0, 0.05) is 12.8 Å². The smallest absolute Gasteiger partial charge is 0.306 e. The van der Waals surface area contributed by atoms with Crippen molar-refractivity contribution in [1.82, 2.24) is 0 Å². The lowest BCUT2D eigenvalue weighted by Gasteiger charge is -2.39. The van der Waals surface area contributed by atoms with Gasteiger partial charge in [-0.2, -0.15) is 0 Å². The highest BCUT2D eigenvalue weighted by molar-refractivity contribution is 5.70. The van der Waals surface area contributed by atoms with E-state index in [-0.39, 0.29) is 26.1 Å². The van der Waals surface area contributed by atoms with Gasteiger partial charge in [0.1, 0.15) is 31.0 Å². The first-order valence-corrected chi connectivity index (χ1v) is 19.9. The van der Waals surface area contributed by atoms with Gasteiger partial charge in [-0.1, -0.05) is 124 Å². The third-order valence-electron chi connectivity index (χ3n) is 8.31. The highest BCUT2D eigenvalue weighted by Crippen LogP contribution is 2.22. The average Bonchev–Trinajstić information content (AvgIpc) is 3.17. The molecule has 54 heavy (non-hydrogen) atoms. The fourth-order valence-corrected chi connectivity index (χ4v) is 5.19. The molecule has 0 saturated carbocycles. The van der Waals surface area contributed by atoms with Crippen LogP contribution >= 0.6 is 0 Å². The largest absolute Gasteiger partial charge is 0.462 e. The molecule has 0 amide bonds. The van der Waals surface area contributed by atoms with E-state index in [4.69, 9.17) is 18.9 Å². The molecule has 3 unspecified atom stereocenters. The van der Waals surface area contributed by atoms with Crippen LogP contribution in [0.4, 0.5) is 0 Å². The molecule has 10 nitrogen and oxygen atoms in total. The van der Waals surface area contributed by atoms with Crippen LogP contribution in [0.25, 0.3) is 0 Å². The van der Waals surface area contributed by atoms with Crippen LogP contribution in [0.1, 0.15) is 110 Å². The van der Waals surface area contributed by atoms with E-state index in [9.17, 15) is 30.0 Å². The second-order valence-electron chi connectivity index (χ2n) is 13.1. The quantitative estimate of drug-likeness (QED) is 0.0250. The lowest BCUT2D eigenvalue weighted by molar-refractivity contribution is -0.305. The molecule has 1 aliphatic rings. The van der Waals surface area contributed by atoms with Crippen molar-refractivity contribution in [1.29, 1.82) is 0 Å². The number of hydrogen-bond donors (Lipinski definition) is 4. The Morgan fingerprint density at radius 2 is 1.13 bits per heavy atom. The van der Waals surface area contributed by atoms with E-state index in [1.165, 1.54) is 0 Å². The molecule has 0 aliphatic carbocycles. The van der Waals surface area contributed by atoms with E-state index in [0.717, 1.165) is 70.6 Å². The molecule has 304 valence electrons. The summed E-state index contributed by atoms with van der Waals surface area (Å²) in [6.07, 6.45) is 37.1. The first-order valence-electron chi connectivity index (χ1n) is 19.9. The Morgan fingerprint density at radius 1 is 0.593 bits per heavy atom. The van der Waals surface area contributed by atoms with Gasteiger partial charge in [0.15, 0.2) is 12.4 Å². The number of unbranched alkanes of at least 4 members (excludes halogenated alkanes) is 6. The lowest BCUT2D eigenvalue weighted by Crippen LogP contribution is -2.59. The summed E-state index contributed by atoms with van der Waals surface area (Å²) in [5.41, 5.74) is 0. The van der Waals surface area contributed by atoms with Gasteiger partial charge in [-0.3, -0.25) is 9.59 Å². The van der Waals surface area contributed by atoms with Gasteiger partial charge in [0.05, 0.1) is 13.2 Å². The zero-order chi connectivity index (χ0) is 39.5. The van der Waals surface area contributed by atoms with Crippen LogP contribution in [-0.2, 0) is 28.5 Å². The SMILES string of the molecule is CC/C=C/C=C/C=C/C=C/CCCCCC(=O)OC(COC(=O)CCCCC/C=C/C/C=C/C/C=C/C/C=C/CC)CO[C@H]1O[C@@H](CO)[C@@H](O)C(O)C1O. The van der Waals surface area contributed by atoms with E-state index in [1.807, 2.05) is 36.5 Å². The number of rotatable bonds is 30. The summed E-state index contributed by atoms with van der Waals surface area (Å²) in [5.74, 6) is -0.904. The third-order valence-corrected chi connectivity index (χ3v) is 8.31. The summed E-state index contributed by atoms with van der Waals surface area (Å²) in [6.45, 7) is 3.05. The number of esters is 2. The van der Waals surface area contributed by atoms with Crippen molar-refractivity contribution < 1.29 is 49.0 Å². The van der Waals surface area contributed by atoms with E-state index in [2.05, 4.69) is 74.6 Å². The highest BCUT2D eigenvalue weighted by atomic mass is 16.7. The third kappa shape index (κ3) is 25.6. The van der Waals surface area contributed by atoms with Crippen molar-refractivity contribution in [3.8, 4) is 0 Å². The van der Waals surface area contributed by atoms with Crippen molar-refractivity contribution in [3.63, 3.8) is 0 Å².